The molecule has 0 aromatic carbocycles. The third-order valence-corrected chi connectivity index (χ3v) is 3.17. The molecule has 2 aliphatic rings. The van der Waals surface area contributed by atoms with E-state index in [1.54, 1.807) is 0 Å². The summed E-state index contributed by atoms with van der Waals surface area (Å²) >= 11 is 0. The van der Waals surface area contributed by atoms with Crippen LogP contribution in [-0.4, -0.2) is 41.5 Å². The molecule has 0 unspecified atom stereocenters. The zero-order valence-corrected chi connectivity index (χ0v) is 10.4. The van der Waals surface area contributed by atoms with Crippen LogP contribution in [0, 0.1) is 0 Å². The molecule has 92 valence electrons. The van der Waals surface area contributed by atoms with Gasteiger partial charge in [0.2, 0.25) is 0 Å². The molecule has 6 heteroatoms. The normalized spacial score (nSPS) is 23.6. The largest absolute Gasteiger partial charge is 0.325 e. The van der Waals surface area contributed by atoms with Crippen LogP contribution in [0.1, 0.15) is 26.7 Å². The molecule has 16 heavy (non-hydrogen) atoms. The van der Waals surface area contributed by atoms with Gasteiger partial charge in [0.05, 0.1) is 0 Å². The maximum atomic E-state index is 12.1. The van der Waals surface area contributed by atoms with E-state index in [2.05, 4.69) is 10.6 Å². The van der Waals surface area contributed by atoms with Crippen LogP contribution in [0.15, 0.2) is 0 Å². The standard InChI is InChI=1S/C10H17N3O2.ClH/c1-7(2)13-8(14)10(12-9(13)15)3-5-11-6-4-10;/h7,11H,3-6H2,1-2H3,(H,12,15);1H. The van der Waals surface area contributed by atoms with Gasteiger partial charge in [-0.15, -0.1) is 12.4 Å². The number of halogens is 1. The number of rotatable bonds is 1. The van der Waals surface area contributed by atoms with E-state index in [9.17, 15) is 9.59 Å². The SMILES string of the molecule is CC(C)N1C(=O)NC2(CCNCC2)C1=O.Cl. The fourth-order valence-electron chi connectivity index (χ4n) is 2.30. The number of amides is 3. The zero-order valence-electron chi connectivity index (χ0n) is 9.58. The van der Waals surface area contributed by atoms with Crippen LogP contribution < -0.4 is 10.6 Å². The molecular formula is C10H18ClN3O2. The average molecular weight is 248 g/mol. The van der Waals surface area contributed by atoms with Gasteiger partial charge < -0.3 is 10.6 Å². The molecule has 2 heterocycles. The highest BCUT2D eigenvalue weighted by Crippen LogP contribution is 2.27. The van der Waals surface area contributed by atoms with E-state index in [-0.39, 0.29) is 30.4 Å². The number of nitrogens with zero attached hydrogens (tertiary/aromatic N) is 1. The highest BCUT2D eigenvalue weighted by molar-refractivity contribution is 6.07. The number of imide groups is 1. The third-order valence-electron chi connectivity index (χ3n) is 3.17. The van der Waals surface area contributed by atoms with Crippen molar-refractivity contribution in [2.75, 3.05) is 13.1 Å². The number of urea groups is 1. The van der Waals surface area contributed by atoms with Gasteiger partial charge in [-0.2, -0.15) is 0 Å². The summed E-state index contributed by atoms with van der Waals surface area (Å²) in [4.78, 5) is 25.2. The maximum absolute atomic E-state index is 12.1. The van der Waals surface area contributed by atoms with Gasteiger partial charge in [0.1, 0.15) is 5.54 Å². The molecule has 0 bridgehead atoms. The lowest BCUT2D eigenvalue weighted by Gasteiger charge is -2.31. The first-order valence-electron chi connectivity index (χ1n) is 5.43. The molecule has 0 atom stereocenters. The second kappa shape index (κ2) is 4.59. The number of piperidine rings is 1. The maximum Gasteiger partial charge on any atom is 0.325 e. The molecule has 0 aromatic rings. The van der Waals surface area contributed by atoms with Gasteiger partial charge in [-0.1, -0.05) is 0 Å². The van der Waals surface area contributed by atoms with Crippen LogP contribution in [0.2, 0.25) is 0 Å². The van der Waals surface area contributed by atoms with E-state index in [4.69, 9.17) is 0 Å². The topological polar surface area (TPSA) is 61.4 Å². The van der Waals surface area contributed by atoms with E-state index < -0.39 is 5.54 Å². The Bertz CT molecular complexity index is 300. The zero-order chi connectivity index (χ0) is 11.1. The fraction of sp³-hybridized carbons (Fsp3) is 0.800. The Hall–Kier alpha value is -0.810. The van der Waals surface area contributed by atoms with E-state index in [0.29, 0.717) is 12.8 Å². The molecule has 0 aromatic heterocycles. The van der Waals surface area contributed by atoms with Crippen LogP contribution in [0.5, 0.6) is 0 Å². The number of hydrogen-bond donors (Lipinski definition) is 2. The lowest BCUT2D eigenvalue weighted by atomic mass is 9.88. The summed E-state index contributed by atoms with van der Waals surface area (Å²) in [6.45, 7) is 5.30. The molecule has 2 N–H and O–H groups in total. The highest BCUT2D eigenvalue weighted by Gasteiger charge is 2.51. The van der Waals surface area contributed by atoms with E-state index in [1.165, 1.54) is 4.90 Å². The van der Waals surface area contributed by atoms with Crippen molar-refractivity contribution in [2.45, 2.75) is 38.3 Å². The smallest absolute Gasteiger partial charge is 0.323 e. The number of hydrogen-bond acceptors (Lipinski definition) is 3. The third kappa shape index (κ3) is 1.89. The van der Waals surface area contributed by atoms with Gasteiger partial charge in [-0.3, -0.25) is 9.69 Å². The molecule has 2 rings (SSSR count). The van der Waals surface area contributed by atoms with Gasteiger partial charge >= 0.3 is 6.03 Å². The predicted molar refractivity (Wildman–Crippen MR) is 62.6 cm³/mol. The van der Waals surface area contributed by atoms with Gasteiger partial charge in [0.25, 0.3) is 5.91 Å². The lowest BCUT2D eigenvalue weighted by molar-refractivity contribution is -0.133. The summed E-state index contributed by atoms with van der Waals surface area (Å²) in [7, 11) is 0. The lowest BCUT2D eigenvalue weighted by Crippen LogP contribution is -2.54. The molecule has 2 aliphatic heterocycles. The molecular weight excluding hydrogens is 230 g/mol. The Morgan fingerprint density at radius 3 is 2.25 bits per heavy atom. The summed E-state index contributed by atoms with van der Waals surface area (Å²) in [6.07, 6.45) is 1.39. The summed E-state index contributed by atoms with van der Waals surface area (Å²) in [5, 5.41) is 6.04. The van der Waals surface area contributed by atoms with Crippen LogP contribution in [0.3, 0.4) is 0 Å². The van der Waals surface area contributed by atoms with Gasteiger partial charge in [-0.25, -0.2) is 4.79 Å². The van der Waals surface area contributed by atoms with Crippen molar-refractivity contribution >= 4 is 24.3 Å². The van der Waals surface area contributed by atoms with E-state index in [0.717, 1.165) is 13.1 Å². The second-order valence-corrected chi connectivity index (χ2v) is 4.53. The van der Waals surface area contributed by atoms with Crippen LogP contribution in [-0.2, 0) is 4.79 Å². The average Bonchev–Trinajstić information content (AvgIpc) is 2.40. The highest BCUT2D eigenvalue weighted by atomic mass is 35.5. The molecule has 5 nitrogen and oxygen atoms in total. The minimum Gasteiger partial charge on any atom is -0.323 e. The first kappa shape index (κ1) is 13.3. The minimum absolute atomic E-state index is 0. The molecule has 3 amide bonds. The summed E-state index contributed by atoms with van der Waals surface area (Å²) in [5.41, 5.74) is -0.618. The van der Waals surface area contributed by atoms with Crippen LogP contribution in [0.4, 0.5) is 4.79 Å². The van der Waals surface area contributed by atoms with E-state index in [1.807, 2.05) is 13.8 Å². The molecule has 2 fully saturated rings. The van der Waals surface area contributed by atoms with Gasteiger partial charge in [0.15, 0.2) is 0 Å². The molecule has 1 spiro atoms. The number of carbonyl (C=O) groups excluding carboxylic acids is 2. The van der Waals surface area contributed by atoms with Gasteiger partial charge in [0, 0.05) is 6.04 Å². The van der Waals surface area contributed by atoms with Crippen molar-refractivity contribution in [3.05, 3.63) is 0 Å². The van der Waals surface area contributed by atoms with Crippen molar-refractivity contribution in [1.82, 2.24) is 15.5 Å². The van der Waals surface area contributed by atoms with E-state index >= 15 is 0 Å². The molecule has 2 saturated heterocycles. The predicted octanol–water partition coefficient (Wildman–Crippen LogP) is 0.491. The van der Waals surface area contributed by atoms with Crippen molar-refractivity contribution in [3.63, 3.8) is 0 Å². The first-order valence-corrected chi connectivity index (χ1v) is 5.43. The minimum atomic E-state index is -0.618. The first-order chi connectivity index (χ1) is 7.07. The molecule has 0 radical (unpaired) electrons. The Kier molecular flexibility index (Phi) is 3.80. The number of carbonyl (C=O) groups is 2. The van der Waals surface area contributed by atoms with Crippen molar-refractivity contribution in [3.8, 4) is 0 Å². The Labute approximate surface area is 101 Å². The van der Waals surface area contributed by atoms with Gasteiger partial charge in [-0.05, 0) is 39.8 Å². The quantitative estimate of drug-likeness (QED) is 0.663. The summed E-state index contributed by atoms with van der Waals surface area (Å²) in [5.74, 6) is -0.0519. The van der Waals surface area contributed by atoms with Crippen LogP contribution >= 0.6 is 12.4 Å². The number of nitrogens with one attached hydrogen (secondary N) is 2. The summed E-state index contributed by atoms with van der Waals surface area (Å²) in [6, 6.07) is -0.302. The van der Waals surface area contributed by atoms with Crippen LogP contribution in [0.25, 0.3) is 0 Å². The molecule has 0 saturated carbocycles. The Balaban J connectivity index is 0.00000128. The van der Waals surface area contributed by atoms with Crippen molar-refractivity contribution in [1.29, 1.82) is 0 Å². The monoisotopic (exact) mass is 247 g/mol. The molecule has 0 aliphatic carbocycles. The summed E-state index contributed by atoms with van der Waals surface area (Å²) < 4.78 is 0. The Morgan fingerprint density at radius 1 is 1.25 bits per heavy atom. The van der Waals surface area contributed by atoms with Crippen molar-refractivity contribution < 1.29 is 9.59 Å². The Morgan fingerprint density at radius 2 is 1.81 bits per heavy atom. The fourth-order valence-corrected chi connectivity index (χ4v) is 2.30. The van der Waals surface area contributed by atoms with Crippen molar-refractivity contribution in [2.24, 2.45) is 0 Å². The second-order valence-electron chi connectivity index (χ2n) is 4.53.